The summed E-state index contributed by atoms with van der Waals surface area (Å²) in [6.45, 7) is 17.8. The number of fused-ring (bicyclic) bond motifs is 3. The molecule has 39 heavy (non-hydrogen) atoms. The van der Waals surface area contributed by atoms with Gasteiger partial charge in [-0.25, -0.2) is 0 Å². The topological polar surface area (TPSA) is 68.4 Å². The van der Waals surface area contributed by atoms with Gasteiger partial charge in [-0.1, -0.05) is 59.7 Å². The van der Waals surface area contributed by atoms with Crippen molar-refractivity contribution in [1.29, 1.82) is 0 Å². The molecule has 3 fully saturated rings. The highest BCUT2D eigenvalue weighted by atomic mass is 28.4. The van der Waals surface area contributed by atoms with Crippen LogP contribution in [-0.4, -0.2) is 31.8 Å². The van der Waals surface area contributed by atoms with Crippen LogP contribution in [0.5, 0.6) is 11.5 Å². The molecule has 1 saturated carbocycles. The standard InChI is InChI=1S/C32H41NO5Si/c1-18(2)39(19(3)4,20(5)6)38-22-14-15-24-25(16-22)36-31(7,8)28-27-23(17-26-32(24,28)37-26)29(34)33(30(27)35)21-12-10-9-11-13-21/h9-16,18-20,23,26-28H,17H2,1-8H3/t23-,26-,27-,28+,32-/m0/s1. The van der Waals surface area contributed by atoms with Gasteiger partial charge in [0.05, 0.1) is 23.6 Å². The number of ether oxygens (including phenoxy) is 2. The van der Waals surface area contributed by atoms with E-state index >= 15 is 0 Å². The summed E-state index contributed by atoms with van der Waals surface area (Å²) in [4.78, 5) is 28.9. The van der Waals surface area contributed by atoms with Gasteiger partial charge in [0.15, 0.2) is 0 Å². The lowest BCUT2D eigenvalue weighted by atomic mass is 9.59. The lowest BCUT2D eigenvalue weighted by molar-refractivity contribution is -0.133. The molecule has 5 atom stereocenters. The highest BCUT2D eigenvalue weighted by Crippen LogP contribution is 2.69. The number of hydrogen-bond donors (Lipinski definition) is 0. The number of para-hydroxylation sites is 1. The van der Waals surface area contributed by atoms with E-state index in [9.17, 15) is 9.59 Å². The molecule has 1 aliphatic carbocycles. The quantitative estimate of drug-likeness (QED) is 0.225. The fraction of sp³-hybridized carbons (Fsp3) is 0.562. The molecule has 3 heterocycles. The van der Waals surface area contributed by atoms with E-state index in [1.54, 1.807) is 0 Å². The van der Waals surface area contributed by atoms with Gasteiger partial charge >= 0.3 is 0 Å². The molecule has 0 bridgehead atoms. The molecule has 0 N–H and O–H groups in total. The van der Waals surface area contributed by atoms with Crippen LogP contribution < -0.4 is 14.1 Å². The van der Waals surface area contributed by atoms with Gasteiger partial charge in [0.1, 0.15) is 22.7 Å². The van der Waals surface area contributed by atoms with E-state index in [4.69, 9.17) is 13.9 Å². The van der Waals surface area contributed by atoms with Gasteiger partial charge < -0.3 is 13.9 Å². The van der Waals surface area contributed by atoms with E-state index < -0.39 is 31.4 Å². The van der Waals surface area contributed by atoms with Crippen molar-refractivity contribution in [1.82, 2.24) is 0 Å². The Bertz CT molecular complexity index is 1300. The predicted octanol–water partition coefficient (Wildman–Crippen LogP) is 6.83. The van der Waals surface area contributed by atoms with Crippen LogP contribution in [0.15, 0.2) is 48.5 Å². The van der Waals surface area contributed by atoms with Crippen LogP contribution in [0.4, 0.5) is 5.69 Å². The van der Waals surface area contributed by atoms with Crippen molar-refractivity contribution in [3.8, 4) is 11.5 Å². The summed E-state index contributed by atoms with van der Waals surface area (Å²) < 4.78 is 20.2. The Balaban J connectivity index is 1.39. The molecule has 1 spiro atoms. The molecule has 0 aromatic heterocycles. The van der Waals surface area contributed by atoms with Gasteiger partial charge in [0, 0.05) is 17.5 Å². The second-order valence-electron chi connectivity index (χ2n) is 13.4. The monoisotopic (exact) mass is 547 g/mol. The average Bonchev–Trinajstić information content (AvgIpc) is 3.53. The Kier molecular flexibility index (Phi) is 5.91. The second-order valence-corrected chi connectivity index (χ2v) is 18.8. The number of benzene rings is 2. The Hall–Kier alpha value is -2.64. The highest BCUT2D eigenvalue weighted by molar-refractivity contribution is 6.78. The number of carbonyl (C=O) groups is 2. The van der Waals surface area contributed by atoms with Gasteiger partial charge in [0.25, 0.3) is 8.32 Å². The third-order valence-electron chi connectivity index (χ3n) is 10.0. The number of imide groups is 1. The van der Waals surface area contributed by atoms with Crippen molar-refractivity contribution in [3.63, 3.8) is 0 Å². The summed E-state index contributed by atoms with van der Waals surface area (Å²) >= 11 is 0. The van der Waals surface area contributed by atoms with Crippen LogP contribution in [0, 0.1) is 17.8 Å². The van der Waals surface area contributed by atoms with Crippen LogP contribution >= 0.6 is 0 Å². The maximum Gasteiger partial charge on any atom is 0.258 e. The van der Waals surface area contributed by atoms with Crippen LogP contribution in [0.1, 0.15) is 67.4 Å². The molecule has 208 valence electrons. The highest BCUT2D eigenvalue weighted by Gasteiger charge is 2.78. The first-order valence-corrected chi connectivity index (χ1v) is 16.6. The molecule has 3 aliphatic heterocycles. The Morgan fingerprint density at radius 1 is 0.923 bits per heavy atom. The first-order valence-electron chi connectivity index (χ1n) is 14.5. The van der Waals surface area contributed by atoms with Crippen LogP contribution in [-0.2, 0) is 19.9 Å². The molecular weight excluding hydrogens is 506 g/mol. The third-order valence-corrected chi connectivity index (χ3v) is 16.0. The van der Waals surface area contributed by atoms with Crippen molar-refractivity contribution in [3.05, 3.63) is 54.1 Å². The third kappa shape index (κ3) is 3.54. The molecule has 6 nitrogen and oxygen atoms in total. The Morgan fingerprint density at radius 2 is 1.56 bits per heavy atom. The van der Waals surface area contributed by atoms with Crippen LogP contribution in [0.2, 0.25) is 16.6 Å². The number of rotatable bonds is 6. The minimum Gasteiger partial charge on any atom is -0.543 e. The minimum atomic E-state index is -2.14. The fourth-order valence-corrected chi connectivity index (χ4v) is 13.9. The molecule has 2 aromatic rings. The molecule has 0 unspecified atom stereocenters. The zero-order chi connectivity index (χ0) is 28.1. The van der Waals surface area contributed by atoms with E-state index in [-0.39, 0.29) is 23.8 Å². The number of amides is 2. The summed E-state index contributed by atoms with van der Waals surface area (Å²) in [5.74, 6) is 0.192. The first kappa shape index (κ1) is 26.6. The van der Waals surface area contributed by atoms with E-state index in [1.165, 1.54) is 4.90 Å². The summed E-state index contributed by atoms with van der Waals surface area (Å²) in [6, 6.07) is 15.5. The van der Waals surface area contributed by atoms with E-state index in [0.717, 1.165) is 17.1 Å². The zero-order valence-electron chi connectivity index (χ0n) is 24.4. The number of carbonyl (C=O) groups excluding carboxylic acids is 2. The van der Waals surface area contributed by atoms with Crippen LogP contribution in [0.25, 0.3) is 0 Å². The van der Waals surface area contributed by atoms with Crippen molar-refractivity contribution in [2.24, 2.45) is 17.8 Å². The summed E-state index contributed by atoms with van der Waals surface area (Å²) in [6.07, 6.45) is 0.438. The lowest BCUT2D eigenvalue weighted by Gasteiger charge is -2.49. The number of anilines is 1. The van der Waals surface area contributed by atoms with Crippen LogP contribution in [0.3, 0.4) is 0 Å². The van der Waals surface area contributed by atoms with E-state index in [1.807, 2.05) is 50.2 Å². The van der Waals surface area contributed by atoms with Gasteiger partial charge in [-0.3, -0.25) is 14.5 Å². The normalized spacial score (nSPS) is 30.6. The fourth-order valence-electron chi connectivity index (χ4n) is 8.63. The van der Waals surface area contributed by atoms with Gasteiger partial charge in [-0.05, 0) is 61.2 Å². The second kappa shape index (κ2) is 8.68. The van der Waals surface area contributed by atoms with E-state index in [2.05, 4.69) is 53.7 Å². The number of nitrogens with zero attached hydrogens (tertiary/aromatic N) is 1. The smallest absolute Gasteiger partial charge is 0.258 e. The van der Waals surface area contributed by atoms with Crippen molar-refractivity contribution >= 4 is 25.8 Å². The Morgan fingerprint density at radius 3 is 2.18 bits per heavy atom. The van der Waals surface area contributed by atoms with E-state index in [0.29, 0.717) is 28.7 Å². The molecule has 6 rings (SSSR count). The van der Waals surface area contributed by atoms with Gasteiger partial charge in [-0.15, -0.1) is 0 Å². The van der Waals surface area contributed by atoms with Gasteiger partial charge in [-0.2, -0.15) is 0 Å². The largest absolute Gasteiger partial charge is 0.543 e. The van der Waals surface area contributed by atoms with Gasteiger partial charge in [0.2, 0.25) is 11.8 Å². The summed E-state index contributed by atoms with van der Waals surface area (Å²) in [5.41, 5.74) is 1.65. The molecule has 2 aromatic carbocycles. The minimum absolute atomic E-state index is 0.111. The van der Waals surface area contributed by atoms with Crippen molar-refractivity contribution in [2.75, 3.05) is 4.90 Å². The Labute approximate surface area is 233 Å². The molecule has 2 saturated heterocycles. The maximum atomic E-state index is 13.9. The summed E-state index contributed by atoms with van der Waals surface area (Å²) in [5, 5.41) is 0. The summed E-state index contributed by atoms with van der Waals surface area (Å²) in [7, 11) is -2.14. The molecule has 0 radical (unpaired) electrons. The molecule has 4 aliphatic rings. The lowest BCUT2D eigenvalue weighted by Crippen LogP contribution is -2.57. The van der Waals surface area contributed by atoms with Crippen molar-refractivity contribution < 1.29 is 23.5 Å². The average molecular weight is 548 g/mol. The molecule has 7 heteroatoms. The molecule has 2 amide bonds. The molecular formula is C32H41NO5Si. The number of epoxide rings is 1. The van der Waals surface area contributed by atoms with Crippen molar-refractivity contribution in [2.45, 2.75) is 95.7 Å². The number of hydrogen-bond acceptors (Lipinski definition) is 5. The SMILES string of the molecule is CC(C)[Si](Oc1ccc2c(c1)OC(C)(C)[C@H]1[C@H]3C(=O)N(c4ccccc4)C(=O)[C@H]3C[C@@H]3O[C@@]231)(C(C)C)C(C)C. The predicted molar refractivity (Wildman–Crippen MR) is 153 cm³/mol. The zero-order valence-corrected chi connectivity index (χ0v) is 25.4. The first-order chi connectivity index (χ1) is 18.4. The maximum absolute atomic E-state index is 13.9.